The SMILES string of the molecule is Clc1c(Br)cncc1OC1CC1. The maximum Gasteiger partial charge on any atom is 0.157 e. The standard InChI is InChI=1S/C8H7BrClNO/c9-6-3-11-4-7(8(6)10)12-5-1-2-5/h3-5H,1-2H2. The van der Waals surface area contributed by atoms with Crippen LogP contribution in [0.1, 0.15) is 12.8 Å². The van der Waals surface area contributed by atoms with Crippen molar-refractivity contribution in [2.45, 2.75) is 18.9 Å². The summed E-state index contributed by atoms with van der Waals surface area (Å²) in [4.78, 5) is 3.97. The molecule has 0 N–H and O–H groups in total. The zero-order valence-electron chi connectivity index (χ0n) is 6.26. The summed E-state index contributed by atoms with van der Waals surface area (Å²) in [7, 11) is 0. The molecule has 0 spiro atoms. The van der Waals surface area contributed by atoms with Gasteiger partial charge in [-0.3, -0.25) is 4.98 Å². The number of aromatic nitrogens is 1. The minimum absolute atomic E-state index is 0.360. The summed E-state index contributed by atoms with van der Waals surface area (Å²) in [6.45, 7) is 0. The topological polar surface area (TPSA) is 22.1 Å². The van der Waals surface area contributed by atoms with Crippen molar-refractivity contribution in [3.8, 4) is 5.75 Å². The normalized spacial score (nSPS) is 16.2. The molecule has 64 valence electrons. The predicted octanol–water partition coefficient (Wildman–Crippen LogP) is 3.04. The molecule has 1 heterocycles. The van der Waals surface area contributed by atoms with Gasteiger partial charge in [-0.15, -0.1) is 0 Å². The molecule has 0 aromatic carbocycles. The van der Waals surface area contributed by atoms with E-state index < -0.39 is 0 Å². The molecule has 2 nitrogen and oxygen atoms in total. The third-order valence-corrected chi connectivity index (χ3v) is 2.84. The minimum atomic E-state index is 0.360. The maximum absolute atomic E-state index is 5.95. The summed E-state index contributed by atoms with van der Waals surface area (Å²) in [5.41, 5.74) is 0. The molecule has 2 rings (SSSR count). The van der Waals surface area contributed by atoms with Gasteiger partial charge < -0.3 is 4.74 Å². The van der Waals surface area contributed by atoms with Crippen molar-refractivity contribution in [3.63, 3.8) is 0 Å². The van der Waals surface area contributed by atoms with Crippen LogP contribution in [0.4, 0.5) is 0 Å². The quantitative estimate of drug-likeness (QED) is 0.802. The van der Waals surface area contributed by atoms with Crippen molar-refractivity contribution in [2.75, 3.05) is 0 Å². The van der Waals surface area contributed by atoms with E-state index in [1.807, 2.05) is 0 Å². The van der Waals surface area contributed by atoms with E-state index in [1.165, 1.54) is 0 Å². The Bertz CT molecular complexity index is 301. The molecule has 4 heteroatoms. The number of hydrogen-bond donors (Lipinski definition) is 0. The number of halogens is 2. The molecule has 0 amide bonds. The van der Waals surface area contributed by atoms with Crippen molar-refractivity contribution in [3.05, 3.63) is 21.9 Å². The predicted molar refractivity (Wildman–Crippen MR) is 50.6 cm³/mol. The van der Waals surface area contributed by atoms with Gasteiger partial charge in [0.15, 0.2) is 5.75 Å². The van der Waals surface area contributed by atoms with E-state index in [2.05, 4.69) is 20.9 Å². The third-order valence-electron chi connectivity index (χ3n) is 1.62. The first-order valence-corrected chi connectivity index (χ1v) is 4.90. The molecule has 0 unspecified atom stereocenters. The van der Waals surface area contributed by atoms with Gasteiger partial charge >= 0.3 is 0 Å². The first kappa shape index (κ1) is 8.32. The lowest BCUT2D eigenvalue weighted by Crippen LogP contribution is -1.97. The van der Waals surface area contributed by atoms with E-state index in [0.29, 0.717) is 16.9 Å². The fraction of sp³-hybridized carbons (Fsp3) is 0.375. The van der Waals surface area contributed by atoms with E-state index in [9.17, 15) is 0 Å². The summed E-state index contributed by atoms with van der Waals surface area (Å²) < 4.78 is 6.29. The molecule has 0 bridgehead atoms. The number of hydrogen-bond acceptors (Lipinski definition) is 2. The maximum atomic E-state index is 5.95. The van der Waals surface area contributed by atoms with E-state index in [1.54, 1.807) is 12.4 Å². The summed E-state index contributed by atoms with van der Waals surface area (Å²) in [5, 5.41) is 0.608. The first-order valence-electron chi connectivity index (χ1n) is 3.73. The summed E-state index contributed by atoms with van der Waals surface area (Å²) in [6, 6.07) is 0. The van der Waals surface area contributed by atoms with Gasteiger partial charge in [0.2, 0.25) is 0 Å². The number of rotatable bonds is 2. The van der Waals surface area contributed by atoms with Crippen LogP contribution in [-0.4, -0.2) is 11.1 Å². The molecular weight excluding hydrogens is 241 g/mol. The summed E-state index contributed by atoms with van der Waals surface area (Å²) in [6.07, 6.45) is 5.91. The minimum Gasteiger partial charge on any atom is -0.487 e. The fourth-order valence-electron chi connectivity index (χ4n) is 0.849. The van der Waals surface area contributed by atoms with Gasteiger partial charge in [-0.25, -0.2) is 0 Å². The van der Waals surface area contributed by atoms with Gasteiger partial charge in [0.1, 0.15) is 0 Å². The van der Waals surface area contributed by atoms with Crippen molar-refractivity contribution < 1.29 is 4.74 Å². The first-order chi connectivity index (χ1) is 5.77. The van der Waals surface area contributed by atoms with Crippen LogP contribution in [0.15, 0.2) is 16.9 Å². The second-order valence-corrected chi connectivity index (χ2v) is 3.98. The number of ether oxygens (including phenoxy) is 1. The van der Waals surface area contributed by atoms with Crippen LogP contribution in [0.3, 0.4) is 0 Å². The fourth-order valence-corrected chi connectivity index (χ4v) is 1.30. The van der Waals surface area contributed by atoms with Gasteiger partial charge in [-0.1, -0.05) is 11.6 Å². The van der Waals surface area contributed by atoms with Crippen molar-refractivity contribution >= 4 is 27.5 Å². The van der Waals surface area contributed by atoms with Crippen LogP contribution in [0.2, 0.25) is 5.02 Å². The van der Waals surface area contributed by atoms with Crippen molar-refractivity contribution in [1.82, 2.24) is 4.98 Å². The molecule has 1 aliphatic carbocycles. The van der Waals surface area contributed by atoms with Gasteiger partial charge in [-0.05, 0) is 28.8 Å². The molecule has 1 saturated carbocycles. The van der Waals surface area contributed by atoms with Crippen molar-refractivity contribution in [1.29, 1.82) is 0 Å². The van der Waals surface area contributed by atoms with Gasteiger partial charge in [-0.2, -0.15) is 0 Å². The molecule has 1 aromatic rings. The smallest absolute Gasteiger partial charge is 0.157 e. The molecule has 12 heavy (non-hydrogen) atoms. The third kappa shape index (κ3) is 1.72. The average Bonchev–Trinajstić information content (AvgIpc) is 2.83. The molecule has 0 radical (unpaired) electrons. The second kappa shape index (κ2) is 3.23. The van der Waals surface area contributed by atoms with E-state index >= 15 is 0 Å². The largest absolute Gasteiger partial charge is 0.487 e. The van der Waals surface area contributed by atoms with E-state index in [-0.39, 0.29) is 0 Å². The monoisotopic (exact) mass is 247 g/mol. The molecule has 0 aliphatic heterocycles. The molecule has 1 fully saturated rings. The Morgan fingerprint density at radius 3 is 2.92 bits per heavy atom. The van der Waals surface area contributed by atoms with Gasteiger partial charge in [0.25, 0.3) is 0 Å². The highest BCUT2D eigenvalue weighted by atomic mass is 79.9. The Balaban J connectivity index is 2.23. The summed E-state index contributed by atoms with van der Waals surface area (Å²) >= 11 is 9.24. The van der Waals surface area contributed by atoms with Crippen LogP contribution < -0.4 is 4.74 Å². The highest BCUT2D eigenvalue weighted by molar-refractivity contribution is 9.10. The van der Waals surface area contributed by atoms with E-state index in [4.69, 9.17) is 16.3 Å². The highest BCUT2D eigenvalue weighted by Gasteiger charge is 2.24. The highest BCUT2D eigenvalue weighted by Crippen LogP contribution is 2.34. The van der Waals surface area contributed by atoms with Crippen LogP contribution >= 0.6 is 27.5 Å². The zero-order chi connectivity index (χ0) is 8.55. The molecule has 0 saturated heterocycles. The van der Waals surface area contributed by atoms with E-state index in [0.717, 1.165) is 17.3 Å². The average molecular weight is 249 g/mol. The zero-order valence-corrected chi connectivity index (χ0v) is 8.60. The molecule has 1 aromatic heterocycles. The van der Waals surface area contributed by atoms with Crippen LogP contribution in [-0.2, 0) is 0 Å². The van der Waals surface area contributed by atoms with Gasteiger partial charge in [0.05, 0.1) is 21.8 Å². The summed E-state index contributed by atoms with van der Waals surface area (Å²) in [5.74, 6) is 0.675. The van der Waals surface area contributed by atoms with Crippen LogP contribution in [0.25, 0.3) is 0 Å². The van der Waals surface area contributed by atoms with Crippen molar-refractivity contribution in [2.24, 2.45) is 0 Å². The van der Waals surface area contributed by atoms with Crippen LogP contribution in [0, 0.1) is 0 Å². The Hall–Kier alpha value is -0.280. The molecule has 1 aliphatic rings. The van der Waals surface area contributed by atoms with Crippen LogP contribution in [0.5, 0.6) is 5.75 Å². The molecule has 0 atom stereocenters. The lowest BCUT2D eigenvalue weighted by molar-refractivity contribution is 0.302. The lowest BCUT2D eigenvalue weighted by Gasteiger charge is -2.05. The number of pyridine rings is 1. The second-order valence-electron chi connectivity index (χ2n) is 2.75. The molecular formula is C8H7BrClNO. The Morgan fingerprint density at radius 2 is 2.25 bits per heavy atom. The Labute approximate surface area is 84.0 Å². The number of nitrogens with zero attached hydrogens (tertiary/aromatic N) is 1. The Morgan fingerprint density at radius 1 is 1.50 bits per heavy atom. The lowest BCUT2D eigenvalue weighted by atomic mass is 10.4. The van der Waals surface area contributed by atoms with Gasteiger partial charge in [0, 0.05) is 6.20 Å². The Kier molecular flexibility index (Phi) is 2.24.